The Morgan fingerprint density at radius 1 is 0.889 bits per heavy atom. The maximum atomic E-state index is 13.1. The van der Waals surface area contributed by atoms with Gasteiger partial charge in [0.05, 0.1) is 41.6 Å². The standard InChI is InChI=1S/C35H31N3O6S/c1-21-31(20-45-27-15-13-24(14-16-27)34(41)42)43-35(44-32(21)23-11-9-22(19-39)10-12-23)25-5-4-6-26(17-25)37-33(40)30-18-36-28-7-2-3-8-29(28)38-30/h2-18,21,31-32,35,39H,19-20H2,1H3,(H,37,40)(H,41,42). The molecule has 4 aromatic carbocycles. The Morgan fingerprint density at radius 2 is 1.64 bits per heavy atom. The number of aliphatic hydroxyl groups excluding tert-OH is 1. The first-order valence-corrected chi connectivity index (χ1v) is 15.5. The predicted molar refractivity (Wildman–Crippen MR) is 171 cm³/mol. The van der Waals surface area contributed by atoms with Gasteiger partial charge in [0, 0.05) is 27.8 Å². The number of nitrogens with zero attached hydrogens (tertiary/aromatic N) is 2. The Bertz CT molecular complexity index is 1820. The van der Waals surface area contributed by atoms with Crippen molar-refractivity contribution < 1.29 is 29.3 Å². The van der Waals surface area contributed by atoms with Crippen LogP contribution in [0, 0.1) is 5.92 Å². The highest BCUT2D eigenvalue weighted by atomic mass is 32.2. The lowest BCUT2D eigenvalue weighted by molar-refractivity contribution is -0.268. The van der Waals surface area contributed by atoms with Gasteiger partial charge >= 0.3 is 5.97 Å². The fourth-order valence-electron chi connectivity index (χ4n) is 5.21. The average molecular weight is 622 g/mol. The van der Waals surface area contributed by atoms with E-state index in [1.807, 2.05) is 66.7 Å². The lowest BCUT2D eigenvalue weighted by Crippen LogP contribution is -2.38. The van der Waals surface area contributed by atoms with Crippen LogP contribution in [-0.4, -0.2) is 43.9 Å². The van der Waals surface area contributed by atoms with E-state index in [1.54, 1.807) is 42.1 Å². The first-order chi connectivity index (χ1) is 21.9. The molecule has 6 rings (SSSR count). The zero-order chi connectivity index (χ0) is 31.3. The van der Waals surface area contributed by atoms with Gasteiger partial charge in [-0.2, -0.15) is 0 Å². The maximum Gasteiger partial charge on any atom is 0.335 e. The van der Waals surface area contributed by atoms with Crippen LogP contribution in [0.25, 0.3) is 11.0 Å². The molecular formula is C35H31N3O6S. The highest BCUT2D eigenvalue weighted by Crippen LogP contribution is 2.43. The van der Waals surface area contributed by atoms with E-state index in [-0.39, 0.29) is 41.9 Å². The molecule has 0 radical (unpaired) electrons. The average Bonchev–Trinajstić information content (AvgIpc) is 3.08. The Hall–Kier alpha value is -4.61. The minimum Gasteiger partial charge on any atom is -0.478 e. The van der Waals surface area contributed by atoms with Crippen molar-refractivity contribution in [2.24, 2.45) is 5.92 Å². The van der Waals surface area contributed by atoms with Crippen LogP contribution in [0.15, 0.2) is 108 Å². The Balaban J connectivity index is 1.23. The second-order valence-corrected chi connectivity index (χ2v) is 11.9. The number of aromatic nitrogens is 2. The van der Waals surface area contributed by atoms with Crippen LogP contribution in [0.5, 0.6) is 0 Å². The Morgan fingerprint density at radius 3 is 2.38 bits per heavy atom. The summed E-state index contributed by atoms with van der Waals surface area (Å²) < 4.78 is 13.1. The molecular weight excluding hydrogens is 590 g/mol. The number of carboxylic acid groups (broad SMARTS) is 1. The summed E-state index contributed by atoms with van der Waals surface area (Å²) in [5.41, 5.74) is 4.87. The second kappa shape index (κ2) is 13.6. The molecule has 1 fully saturated rings. The summed E-state index contributed by atoms with van der Waals surface area (Å²) in [5.74, 6) is -0.763. The van der Waals surface area contributed by atoms with Gasteiger partial charge in [-0.15, -0.1) is 11.8 Å². The number of ether oxygens (including phenoxy) is 2. The molecule has 10 heteroatoms. The van der Waals surface area contributed by atoms with Crippen molar-refractivity contribution in [3.05, 3.63) is 131 Å². The molecule has 0 spiro atoms. The quantitative estimate of drug-likeness (QED) is 0.155. The van der Waals surface area contributed by atoms with E-state index in [4.69, 9.17) is 9.47 Å². The lowest BCUT2D eigenvalue weighted by atomic mass is 9.91. The minimum atomic E-state index is -0.963. The van der Waals surface area contributed by atoms with E-state index < -0.39 is 12.3 Å². The van der Waals surface area contributed by atoms with Gasteiger partial charge in [-0.3, -0.25) is 9.78 Å². The van der Waals surface area contributed by atoms with E-state index in [0.717, 1.165) is 21.6 Å². The molecule has 1 aliphatic rings. The van der Waals surface area contributed by atoms with Crippen molar-refractivity contribution in [3.8, 4) is 0 Å². The van der Waals surface area contributed by atoms with Crippen molar-refractivity contribution in [2.45, 2.75) is 36.9 Å². The van der Waals surface area contributed by atoms with Crippen LogP contribution in [0.1, 0.15) is 56.9 Å². The van der Waals surface area contributed by atoms with Crippen LogP contribution in [0.4, 0.5) is 5.69 Å². The SMILES string of the molecule is CC1C(CSc2ccc(C(=O)O)cc2)OC(c2cccc(NC(=O)c3cnc4ccccc4n3)c2)OC1c1ccc(CO)cc1. The molecule has 5 aromatic rings. The molecule has 3 N–H and O–H groups in total. The molecule has 228 valence electrons. The molecule has 1 saturated heterocycles. The molecule has 0 bridgehead atoms. The number of aromatic carboxylic acids is 1. The van der Waals surface area contributed by atoms with Gasteiger partial charge in [0.2, 0.25) is 0 Å². The van der Waals surface area contributed by atoms with Crippen LogP contribution in [-0.2, 0) is 16.1 Å². The van der Waals surface area contributed by atoms with Crippen molar-refractivity contribution in [2.75, 3.05) is 11.1 Å². The molecule has 4 atom stereocenters. The summed E-state index contributed by atoms with van der Waals surface area (Å²) >= 11 is 1.59. The Labute approximate surface area is 264 Å². The highest BCUT2D eigenvalue weighted by molar-refractivity contribution is 7.99. The Kier molecular flexibility index (Phi) is 9.18. The van der Waals surface area contributed by atoms with Crippen LogP contribution < -0.4 is 5.32 Å². The van der Waals surface area contributed by atoms with Crippen LogP contribution in [0.3, 0.4) is 0 Å². The van der Waals surface area contributed by atoms with Crippen molar-refractivity contribution in [1.29, 1.82) is 0 Å². The van der Waals surface area contributed by atoms with Gasteiger partial charge in [-0.25, -0.2) is 9.78 Å². The third kappa shape index (κ3) is 7.05. The maximum absolute atomic E-state index is 13.1. The molecule has 0 aliphatic carbocycles. The van der Waals surface area contributed by atoms with Crippen molar-refractivity contribution in [3.63, 3.8) is 0 Å². The number of carboxylic acids is 1. The zero-order valence-corrected chi connectivity index (χ0v) is 25.2. The molecule has 4 unspecified atom stereocenters. The van der Waals surface area contributed by atoms with Gasteiger partial charge < -0.3 is 25.0 Å². The van der Waals surface area contributed by atoms with Gasteiger partial charge in [0.1, 0.15) is 5.69 Å². The van der Waals surface area contributed by atoms with E-state index in [2.05, 4.69) is 22.2 Å². The zero-order valence-electron chi connectivity index (χ0n) is 24.4. The number of carbonyl (C=O) groups excluding carboxylic acids is 1. The first kappa shape index (κ1) is 30.4. The molecule has 9 nitrogen and oxygen atoms in total. The third-order valence-corrected chi connectivity index (χ3v) is 8.84. The number of nitrogens with one attached hydrogen (secondary N) is 1. The normalized spacial score (nSPS) is 19.7. The molecule has 0 saturated carbocycles. The topological polar surface area (TPSA) is 131 Å². The predicted octanol–water partition coefficient (Wildman–Crippen LogP) is 6.66. The summed E-state index contributed by atoms with van der Waals surface area (Å²) in [4.78, 5) is 34.1. The number of benzene rings is 4. The second-order valence-electron chi connectivity index (χ2n) is 10.8. The molecule has 2 heterocycles. The number of hydrogen-bond acceptors (Lipinski definition) is 8. The van der Waals surface area contributed by atoms with Crippen molar-refractivity contribution >= 4 is 40.4 Å². The van der Waals surface area contributed by atoms with E-state index in [9.17, 15) is 19.8 Å². The van der Waals surface area contributed by atoms with E-state index >= 15 is 0 Å². The summed E-state index contributed by atoms with van der Waals surface area (Å²) in [6.45, 7) is 2.04. The van der Waals surface area contributed by atoms with Gasteiger partial charge in [-0.05, 0) is 59.7 Å². The highest BCUT2D eigenvalue weighted by Gasteiger charge is 2.38. The third-order valence-electron chi connectivity index (χ3n) is 7.74. The molecule has 45 heavy (non-hydrogen) atoms. The monoisotopic (exact) mass is 621 g/mol. The number of thioether (sulfide) groups is 1. The number of anilines is 1. The number of hydrogen-bond donors (Lipinski definition) is 3. The smallest absolute Gasteiger partial charge is 0.335 e. The summed E-state index contributed by atoms with van der Waals surface area (Å²) in [5, 5.41) is 21.7. The molecule has 1 aliphatic heterocycles. The molecule has 1 amide bonds. The van der Waals surface area contributed by atoms with Gasteiger partial charge in [0.25, 0.3) is 5.91 Å². The van der Waals surface area contributed by atoms with Crippen LogP contribution in [0.2, 0.25) is 0 Å². The number of aliphatic hydroxyl groups is 1. The fourth-order valence-corrected chi connectivity index (χ4v) is 6.27. The largest absolute Gasteiger partial charge is 0.478 e. The summed E-state index contributed by atoms with van der Waals surface area (Å²) in [7, 11) is 0. The number of amides is 1. The van der Waals surface area contributed by atoms with E-state index in [0.29, 0.717) is 22.5 Å². The van der Waals surface area contributed by atoms with Gasteiger partial charge in [0.15, 0.2) is 6.29 Å². The summed E-state index contributed by atoms with van der Waals surface area (Å²) in [6, 6.07) is 29.2. The number of para-hydroxylation sites is 2. The number of rotatable bonds is 9. The number of fused-ring (bicyclic) bond motifs is 1. The van der Waals surface area contributed by atoms with Crippen molar-refractivity contribution in [1.82, 2.24) is 9.97 Å². The molecule has 1 aromatic heterocycles. The lowest BCUT2D eigenvalue weighted by Gasteiger charge is -2.41. The van der Waals surface area contributed by atoms with Crippen LogP contribution >= 0.6 is 11.8 Å². The minimum absolute atomic E-state index is 0.0265. The summed E-state index contributed by atoms with van der Waals surface area (Å²) in [6.07, 6.45) is 0.214. The first-order valence-electron chi connectivity index (χ1n) is 14.5. The number of carbonyl (C=O) groups is 2. The van der Waals surface area contributed by atoms with E-state index in [1.165, 1.54) is 6.20 Å². The van der Waals surface area contributed by atoms with Gasteiger partial charge in [-0.1, -0.05) is 55.5 Å². The fraction of sp³-hybridized carbons (Fsp3) is 0.200.